The molecule has 5 heteroatoms. The summed E-state index contributed by atoms with van der Waals surface area (Å²) in [7, 11) is 0. The van der Waals surface area contributed by atoms with Gasteiger partial charge in [0.15, 0.2) is 0 Å². The van der Waals surface area contributed by atoms with Crippen molar-refractivity contribution in [2.75, 3.05) is 0 Å². The van der Waals surface area contributed by atoms with Gasteiger partial charge in [-0.05, 0) is 6.07 Å². The lowest BCUT2D eigenvalue weighted by Gasteiger charge is -2.06. The first-order valence-electron chi connectivity index (χ1n) is 5.84. The summed E-state index contributed by atoms with van der Waals surface area (Å²) in [4.78, 5) is 12.4. The summed E-state index contributed by atoms with van der Waals surface area (Å²) in [5.74, 6) is -0.628. The number of phenols is 3. The number of hydrogen-bond acceptors (Lipinski definition) is 5. The molecule has 0 unspecified atom stereocenters. The molecule has 0 amide bonds. The maximum atomic E-state index is 12.4. The summed E-state index contributed by atoms with van der Waals surface area (Å²) in [5.41, 5.74) is 0.0455. The molecule has 0 aliphatic rings. The highest BCUT2D eigenvalue weighted by Crippen LogP contribution is 2.32. The van der Waals surface area contributed by atoms with Crippen LogP contribution in [0, 0.1) is 0 Å². The van der Waals surface area contributed by atoms with E-state index in [0.717, 1.165) is 6.07 Å². The molecule has 20 heavy (non-hydrogen) atoms. The van der Waals surface area contributed by atoms with E-state index >= 15 is 0 Å². The standard InChI is InChI=1S/C15H10O5/c16-8-5-12(18)14-13(6-8)20-7-10(15(14)19)9-3-1-2-4-11(9)17/h1-7,16-18H. The fraction of sp³-hybridized carbons (Fsp3) is 0. The van der Waals surface area contributed by atoms with Gasteiger partial charge in [-0.15, -0.1) is 0 Å². The third kappa shape index (κ3) is 1.76. The van der Waals surface area contributed by atoms with Crippen molar-refractivity contribution in [1.29, 1.82) is 0 Å². The molecular formula is C15H10O5. The van der Waals surface area contributed by atoms with Crippen LogP contribution in [-0.2, 0) is 0 Å². The minimum Gasteiger partial charge on any atom is -0.508 e. The SMILES string of the molecule is O=c1c(-c2ccccc2O)coc2cc(O)cc(O)c12. The molecule has 1 heterocycles. The molecule has 0 fully saturated rings. The number of para-hydroxylation sites is 1. The summed E-state index contributed by atoms with van der Waals surface area (Å²) >= 11 is 0. The van der Waals surface area contributed by atoms with Gasteiger partial charge in [-0.25, -0.2) is 0 Å². The maximum absolute atomic E-state index is 12.4. The first kappa shape index (κ1) is 12.1. The Labute approximate surface area is 113 Å². The van der Waals surface area contributed by atoms with Crippen LogP contribution in [0.25, 0.3) is 22.1 Å². The van der Waals surface area contributed by atoms with Crippen molar-refractivity contribution in [3.05, 3.63) is 52.9 Å². The largest absolute Gasteiger partial charge is 0.508 e. The number of rotatable bonds is 1. The minimum atomic E-state index is -0.481. The Morgan fingerprint density at radius 2 is 1.65 bits per heavy atom. The second kappa shape index (κ2) is 4.31. The molecule has 3 aromatic rings. The van der Waals surface area contributed by atoms with Crippen molar-refractivity contribution >= 4 is 11.0 Å². The van der Waals surface area contributed by atoms with Gasteiger partial charge in [0, 0.05) is 17.7 Å². The quantitative estimate of drug-likeness (QED) is 0.632. The topological polar surface area (TPSA) is 90.9 Å². The molecule has 0 aliphatic carbocycles. The van der Waals surface area contributed by atoms with Crippen LogP contribution in [0.5, 0.6) is 17.2 Å². The van der Waals surface area contributed by atoms with Crippen LogP contribution in [0.3, 0.4) is 0 Å². The zero-order valence-corrected chi connectivity index (χ0v) is 10.2. The van der Waals surface area contributed by atoms with E-state index in [2.05, 4.69) is 0 Å². The van der Waals surface area contributed by atoms with Gasteiger partial charge in [-0.1, -0.05) is 18.2 Å². The fourth-order valence-electron chi connectivity index (χ4n) is 2.11. The lowest BCUT2D eigenvalue weighted by Crippen LogP contribution is -2.05. The van der Waals surface area contributed by atoms with Crippen LogP contribution in [-0.4, -0.2) is 15.3 Å². The first-order valence-corrected chi connectivity index (χ1v) is 5.84. The second-order valence-electron chi connectivity index (χ2n) is 4.33. The van der Waals surface area contributed by atoms with E-state index in [4.69, 9.17) is 4.42 Å². The summed E-state index contributed by atoms with van der Waals surface area (Å²) in [6.45, 7) is 0. The van der Waals surface area contributed by atoms with Gasteiger partial charge in [-0.3, -0.25) is 4.79 Å². The third-order valence-electron chi connectivity index (χ3n) is 3.04. The van der Waals surface area contributed by atoms with Crippen molar-refractivity contribution in [2.24, 2.45) is 0 Å². The number of benzene rings is 2. The predicted octanol–water partition coefficient (Wildman–Crippen LogP) is 2.58. The van der Waals surface area contributed by atoms with E-state index in [1.54, 1.807) is 18.2 Å². The summed E-state index contributed by atoms with van der Waals surface area (Å²) in [6, 6.07) is 8.64. The van der Waals surface area contributed by atoms with Crippen molar-refractivity contribution in [2.45, 2.75) is 0 Å². The zero-order chi connectivity index (χ0) is 14.3. The van der Waals surface area contributed by atoms with Gasteiger partial charge in [0.2, 0.25) is 5.43 Å². The van der Waals surface area contributed by atoms with Crippen LogP contribution in [0.4, 0.5) is 0 Å². The number of aromatic hydroxyl groups is 3. The highest BCUT2D eigenvalue weighted by Gasteiger charge is 2.15. The van der Waals surface area contributed by atoms with Crippen molar-refractivity contribution in [3.63, 3.8) is 0 Å². The Morgan fingerprint density at radius 3 is 2.40 bits per heavy atom. The molecule has 0 saturated carbocycles. The van der Waals surface area contributed by atoms with Crippen LogP contribution in [0.1, 0.15) is 0 Å². The molecule has 0 aliphatic heterocycles. The molecule has 100 valence electrons. The van der Waals surface area contributed by atoms with Gasteiger partial charge < -0.3 is 19.7 Å². The Hall–Kier alpha value is -2.95. The Balaban J connectivity index is 2.38. The summed E-state index contributed by atoms with van der Waals surface area (Å²) in [6.07, 6.45) is 1.19. The average Bonchev–Trinajstić information content (AvgIpc) is 2.39. The highest BCUT2D eigenvalue weighted by atomic mass is 16.3. The van der Waals surface area contributed by atoms with Crippen LogP contribution >= 0.6 is 0 Å². The van der Waals surface area contributed by atoms with Crippen molar-refractivity contribution < 1.29 is 19.7 Å². The van der Waals surface area contributed by atoms with Crippen molar-refractivity contribution in [1.82, 2.24) is 0 Å². The summed E-state index contributed by atoms with van der Waals surface area (Å²) in [5, 5.41) is 28.9. The molecule has 0 radical (unpaired) electrons. The number of hydrogen-bond donors (Lipinski definition) is 3. The molecule has 3 rings (SSSR count). The molecule has 0 saturated heterocycles. The van der Waals surface area contributed by atoms with E-state index in [-0.39, 0.29) is 33.8 Å². The average molecular weight is 270 g/mol. The molecule has 3 N–H and O–H groups in total. The normalized spacial score (nSPS) is 10.8. The van der Waals surface area contributed by atoms with E-state index in [1.165, 1.54) is 18.4 Å². The Bertz CT molecular complexity index is 864. The van der Waals surface area contributed by atoms with E-state index in [0.29, 0.717) is 5.56 Å². The monoisotopic (exact) mass is 270 g/mol. The smallest absolute Gasteiger partial charge is 0.204 e. The minimum absolute atomic E-state index is 0.0384. The third-order valence-corrected chi connectivity index (χ3v) is 3.04. The summed E-state index contributed by atoms with van der Waals surface area (Å²) < 4.78 is 5.26. The van der Waals surface area contributed by atoms with Crippen LogP contribution in [0.15, 0.2) is 51.9 Å². The molecular weight excluding hydrogens is 260 g/mol. The molecule has 0 bridgehead atoms. The molecule has 2 aromatic carbocycles. The Morgan fingerprint density at radius 1 is 0.900 bits per heavy atom. The Kier molecular flexibility index (Phi) is 2.61. The van der Waals surface area contributed by atoms with Crippen LogP contribution < -0.4 is 5.43 Å². The number of fused-ring (bicyclic) bond motifs is 1. The van der Waals surface area contributed by atoms with Gasteiger partial charge >= 0.3 is 0 Å². The zero-order valence-electron chi connectivity index (χ0n) is 10.2. The van der Waals surface area contributed by atoms with E-state index < -0.39 is 5.43 Å². The fourth-order valence-corrected chi connectivity index (χ4v) is 2.11. The van der Waals surface area contributed by atoms with E-state index in [9.17, 15) is 20.1 Å². The van der Waals surface area contributed by atoms with Gasteiger partial charge in [0.25, 0.3) is 0 Å². The van der Waals surface area contributed by atoms with Crippen LogP contribution in [0.2, 0.25) is 0 Å². The molecule has 5 nitrogen and oxygen atoms in total. The van der Waals surface area contributed by atoms with Gasteiger partial charge in [-0.2, -0.15) is 0 Å². The van der Waals surface area contributed by atoms with Crippen molar-refractivity contribution in [3.8, 4) is 28.4 Å². The number of phenolic OH excluding ortho intramolecular Hbond substituents is 3. The van der Waals surface area contributed by atoms with Gasteiger partial charge in [0.05, 0.1) is 5.56 Å². The predicted molar refractivity (Wildman–Crippen MR) is 72.9 cm³/mol. The molecule has 0 atom stereocenters. The highest BCUT2D eigenvalue weighted by molar-refractivity contribution is 5.88. The lowest BCUT2D eigenvalue weighted by molar-refractivity contribution is 0.452. The molecule has 1 aromatic heterocycles. The molecule has 0 spiro atoms. The first-order chi connectivity index (χ1) is 9.58. The van der Waals surface area contributed by atoms with E-state index in [1.807, 2.05) is 0 Å². The second-order valence-corrected chi connectivity index (χ2v) is 4.33. The maximum Gasteiger partial charge on any atom is 0.204 e. The lowest BCUT2D eigenvalue weighted by atomic mass is 10.0. The van der Waals surface area contributed by atoms with Gasteiger partial charge in [0.1, 0.15) is 34.5 Å².